The van der Waals surface area contributed by atoms with Gasteiger partial charge < -0.3 is 0 Å². The van der Waals surface area contributed by atoms with Crippen LogP contribution in [-0.4, -0.2) is 16.8 Å². The van der Waals surface area contributed by atoms with Crippen LogP contribution in [0, 0.1) is 0 Å². The van der Waals surface area contributed by atoms with Crippen LogP contribution in [0.2, 0.25) is 0 Å². The topological polar surface area (TPSA) is 102 Å². The Morgan fingerprint density at radius 1 is 1.00 bits per heavy atom. The molecule has 1 atom stereocenters. The average Bonchev–Trinajstić information content (AvgIpc) is 2.63. The van der Waals surface area contributed by atoms with Crippen molar-refractivity contribution < 1.29 is 16.8 Å². The molecule has 1 aromatic rings. The highest BCUT2D eigenvalue weighted by molar-refractivity contribution is 8.15. The Hall–Kier alpha value is -1.12. The molecule has 80 valence electrons. The van der Waals surface area contributed by atoms with E-state index in [1.807, 2.05) is 0 Å². The molecule has 1 unspecified atom stereocenters. The van der Waals surface area contributed by atoms with Crippen LogP contribution in [0.3, 0.4) is 0 Å². The molecule has 0 saturated carbocycles. The molecule has 1 spiro atoms. The molecule has 2 aliphatic heterocycles. The number of nitrogens with one attached hydrogen (secondary N) is 2. The highest BCUT2D eigenvalue weighted by Gasteiger charge is 2.75. The summed E-state index contributed by atoms with van der Waals surface area (Å²) in [5, 5.41) is 0. The first-order chi connectivity index (χ1) is 6.91. The van der Waals surface area contributed by atoms with Crippen molar-refractivity contribution >= 4 is 25.7 Å². The third-order valence-corrected chi connectivity index (χ3v) is 6.97. The average molecular weight is 246 g/mol. The summed E-state index contributed by atoms with van der Waals surface area (Å²) in [6.45, 7) is 0. The minimum Gasteiger partial charge on any atom is -0.280 e. The summed E-state index contributed by atoms with van der Waals surface area (Å²) >= 11 is 0. The first kappa shape index (κ1) is 9.13. The fourth-order valence-electron chi connectivity index (χ4n) is 1.78. The zero-order chi connectivity index (χ0) is 10.9. The van der Waals surface area contributed by atoms with Gasteiger partial charge in [-0.15, -0.1) is 0 Å². The molecule has 1 aromatic carbocycles. The van der Waals surface area contributed by atoms with Crippen LogP contribution < -0.4 is 9.44 Å². The van der Waals surface area contributed by atoms with E-state index in [1.54, 1.807) is 12.1 Å². The fourth-order valence-corrected chi connectivity index (χ4v) is 6.00. The minimum atomic E-state index is -3.93. The number of hydrogen-bond acceptors (Lipinski definition) is 4. The van der Waals surface area contributed by atoms with Gasteiger partial charge in [0.25, 0.3) is 24.2 Å². The Kier molecular flexibility index (Phi) is 1.33. The Morgan fingerprint density at radius 3 is 2.20 bits per heavy atom. The van der Waals surface area contributed by atoms with Gasteiger partial charge in [-0.25, -0.2) is 16.8 Å². The van der Waals surface area contributed by atoms with Gasteiger partial charge in [0.2, 0.25) is 0 Å². The SMILES string of the molecule is O=S1(=O)Nc2ccccc2C12NS2(=O)=O. The number of para-hydroxylation sites is 1. The van der Waals surface area contributed by atoms with E-state index in [2.05, 4.69) is 9.44 Å². The summed E-state index contributed by atoms with van der Waals surface area (Å²) in [6, 6.07) is 6.23. The van der Waals surface area contributed by atoms with Gasteiger partial charge in [-0.3, -0.25) is 4.72 Å². The smallest absolute Gasteiger partial charge is 0.280 e. The standard InChI is InChI=1S/C7H6N2O4S2/c10-14(11)7(9-15(7,12)13)5-3-1-2-4-6(5)8-14/h1-4,8-9H. The molecule has 0 radical (unpaired) electrons. The lowest BCUT2D eigenvalue weighted by Gasteiger charge is -1.98. The van der Waals surface area contributed by atoms with Crippen molar-refractivity contribution in [2.24, 2.45) is 0 Å². The molecule has 6 nitrogen and oxygen atoms in total. The maximum atomic E-state index is 11.7. The second kappa shape index (κ2) is 2.18. The molecule has 1 fully saturated rings. The second-order valence-electron chi connectivity index (χ2n) is 3.37. The van der Waals surface area contributed by atoms with Crippen LogP contribution in [0.15, 0.2) is 24.3 Å². The Bertz CT molecular complexity index is 664. The van der Waals surface area contributed by atoms with Crippen molar-refractivity contribution in [3.05, 3.63) is 29.8 Å². The Morgan fingerprint density at radius 2 is 1.60 bits per heavy atom. The number of sulfonamides is 2. The van der Waals surface area contributed by atoms with Crippen molar-refractivity contribution in [2.75, 3.05) is 4.72 Å². The van der Waals surface area contributed by atoms with E-state index in [9.17, 15) is 16.8 Å². The summed E-state index contributed by atoms with van der Waals surface area (Å²) < 4.78 is 48.3. The molecule has 2 aliphatic rings. The number of anilines is 1. The van der Waals surface area contributed by atoms with E-state index in [0.717, 1.165) is 0 Å². The maximum absolute atomic E-state index is 11.7. The van der Waals surface area contributed by atoms with Crippen LogP contribution in [0.25, 0.3) is 0 Å². The number of hydrogen-bond donors (Lipinski definition) is 2. The largest absolute Gasteiger partial charge is 0.296 e. The van der Waals surface area contributed by atoms with Crippen molar-refractivity contribution in [2.45, 2.75) is 4.20 Å². The molecule has 0 bridgehead atoms. The predicted molar refractivity (Wildman–Crippen MR) is 52.7 cm³/mol. The summed E-state index contributed by atoms with van der Waals surface area (Å²) in [5.41, 5.74) is 0.552. The van der Waals surface area contributed by atoms with Gasteiger partial charge in [0.05, 0.1) is 5.69 Å². The van der Waals surface area contributed by atoms with E-state index >= 15 is 0 Å². The first-order valence-corrected chi connectivity index (χ1v) is 7.03. The van der Waals surface area contributed by atoms with Gasteiger partial charge in [0, 0.05) is 5.56 Å². The molecule has 2 heterocycles. The summed E-state index contributed by atoms with van der Waals surface area (Å²) in [6.07, 6.45) is 0. The number of benzene rings is 1. The Balaban J connectivity index is 2.42. The van der Waals surface area contributed by atoms with Gasteiger partial charge in [-0.1, -0.05) is 18.2 Å². The molecule has 1 saturated heterocycles. The van der Waals surface area contributed by atoms with Crippen molar-refractivity contribution in [3.63, 3.8) is 0 Å². The van der Waals surface area contributed by atoms with Crippen molar-refractivity contribution in [1.29, 1.82) is 0 Å². The lowest BCUT2D eigenvalue weighted by Crippen LogP contribution is -2.24. The van der Waals surface area contributed by atoms with Gasteiger partial charge >= 0.3 is 0 Å². The molecule has 3 rings (SSSR count). The third kappa shape index (κ3) is 0.829. The van der Waals surface area contributed by atoms with Crippen LogP contribution >= 0.6 is 0 Å². The van der Waals surface area contributed by atoms with Crippen LogP contribution in [0.4, 0.5) is 5.69 Å². The molecule has 15 heavy (non-hydrogen) atoms. The van der Waals surface area contributed by atoms with E-state index in [-0.39, 0.29) is 5.56 Å². The molecular weight excluding hydrogens is 240 g/mol. The van der Waals surface area contributed by atoms with Crippen molar-refractivity contribution in [1.82, 2.24) is 4.72 Å². The highest BCUT2D eigenvalue weighted by atomic mass is 32.3. The van der Waals surface area contributed by atoms with E-state index < -0.39 is 24.2 Å². The van der Waals surface area contributed by atoms with E-state index in [0.29, 0.717) is 5.69 Å². The van der Waals surface area contributed by atoms with E-state index in [1.165, 1.54) is 12.1 Å². The first-order valence-electron chi connectivity index (χ1n) is 4.06. The molecule has 2 N–H and O–H groups in total. The zero-order valence-electron chi connectivity index (χ0n) is 7.26. The predicted octanol–water partition coefficient (Wildman–Crippen LogP) is -0.515. The monoisotopic (exact) mass is 246 g/mol. The van der Waals surface area contributed by atoms with Crippen LogP contribution in [0.1, 0.15) is 5.56 Å². The molecular formula is C7H6N2O4S2. The fraction of sp³-hybridized carbons (Fsp3) is 0.143. The zero-order valence-corrected chi connectivity index (χ0v) is 8.89. The summed E-state index contributed by atoms with van der Waals surface area (Å²) in [5.74, 6) is 0. The van der Waals surface area contributed by atoms with E-state index in [4.69, 9.17) is 0 Å². The number of fused-ring (bicyclic) bond motifs is 2. The van der Waals surface area contributed by atoms with Gasteiger partial charge in [0.1, 0.15) is 0 Å². The van der Waals surface area contributed by atoms with Crippen molar-refractivity contribution in [3.8, 4) is 0 Å². The van der Waals surface area contributed by atoms with Gasteiger partial charge in [-0.2, -0.15) is 4.72 Å². The molecule has 0 aliphatic carbocycles. The molecule has 8 heteroatoms. The summed E-state index contributed by atoms with van der Waals surface area (Å²) in [7, 11) is -7.71. The maximum Gasteiger partial charge on any atom is 0.296 e. The normalized spacial score (nSPS) is 33.3. The number of rotatable bonds is 0. The van der Waals surface area contributed by atoms with Gasteiger partial charge in [-0.05, 0) is 6.07 Å². The second-order valence-corrected chi connectivity index (χ2v) is 7.28. The summed E-state index contributed by atoms with van der Waals surface area (Å²) in [4.78, 5) is 0. The Labute approximate surface area is 86.4 Å². The molecule has 0 amide bonds. The lowest BCUT2D eigenvalue weighted by atomic mass is 10.2. The lowest BCUT2D eigenvalue weighted by molar-refractivity contribution is 0.587. The minimum absolute atomic E-state index is 0.241. The van der Waals surface area contributed by atoms with Crippen LogP contribution in [0.5, 0.6) is 0 Å². The quantitative estimate of drug-likeness (QED) is 0.601. The highest BCUT2D eigenvalue weighted by Crippen LogP contribution is 2.52. The van der Waals surface area contributed by atoms with Crippen LogP contribution in [-0.2, 0) is 24.2 Å². The molecule has 0 aromatic heterocycles. The third-order valence-electron chi connectivity index (χ3n) is 2.51. The van der Waals surface area contributed by atoms with Gasteiger partial charge in [0.15, 0.2) is 0 Å².